The summed E-state index contributed by atoms with van der Waals surface area (Å²) in [6.07, 6.45) is 0. The fourth-order valence-electron chi connectivity index (χ4n) is 1.82. The minimum Gasteiger partial charge on any atom is -0.330 e. The third kappa shape index (κ3) is 3.50. The van der Waals surface area contributed by atoms with Crippen molar-refractivity contribution in [1.82, 2.24) is 4.98 Å². The van der Waals surface area contributed by atoms with Crippen molar-refractivity contribution in [2.24, 2.45) is 0 Å². The molecule has 0 aliphatic heterocycles. The van der Waals surface area contributed by atoms with Crippen LogP contribution in [0.4, 0.5) is 10.8 Å². The Hall–Kier alpha value is -1.26. The van der Waals surface area contributed by atoms with Gasteiger partial charge in [-0.25, -0.2) is 4.98 Å². The van der Waals surface area contributed by atoms with Gasteiger partial charge in [-0.05, 0) is 30.3 Å². The highest BCUT2D eigenvalue weighted by atomic mass is 35.5. The molecule has 2 aromatic carbocycles. The van der Waals surface area contributed by atoms with E-state index in [1.807, 2.05) is 29.6 Å². The maximum atomic E-state index is 6.13. The van der Waals surface area contributed by atoms with Crippen molar-refractivity contribution in [3.63, 3.8) is 0 Å². The molecule has 0 aliphatic carbocycles. The highest BCUT2D eigenvalue weighted by molar-refractivity contribution is 7.14. The van der Waals surface area contributed by atoms with Crippen molar-refractivity contribution in [2.75, 3.05) is 5.32 Å². The van der Waals surface area contributed by atoms with Gasteiger partial charge >= 0.3 is 0 Å². The second-order valence-electron chi connectivity index (χ2n) is 4.30. The van der Waals surface area contributed by atoms with Crippen molar-refractivity contribution >= 4 is 57.0 Å². The van der Waals surface area contributed by atoms with Crippen molar-refractivity contribution in [3.05, 3.63) is 62.9 Å². The molecule has 21 heavy (non-hydrogen) atoms. The molecule has 0 aliphatic rings. The van der Waals surface area contributed by atoms with Crippen molar-refractivity contribution in [1.29, 1.82) is 0 Å². The second kappa shape index (κ2) is 6.24. The normalized spacial score (nSPS) is 10.6. The van der Waals surface area contributed by atoms with Crippen LogP contribution in [0.3, 0.4) is 0 Å². The van der Waals surface area contributed by atoms with Gasteiger partial charge in [-0.1, -0.05) is 46.9 Å². The van der Waals surface area contributed by atoms with E-state index in [9.17, 15) is 0 Å². The lowest BCUT2D eigenvalue weighted by Gasteiger charge is -2.05. The molecule has 0 amide bonds. The van der Waals surface area contributed by atoms with Crippen LogP contribution in [-0.4, -0.2) is 4.98 Å². The second-order valence-corrected chi connectivity index (χ2v) is 6.44. The molecular weight excluding hydrogens is 347 g/mol. The van der Waals surface area contributed by atoms with Crippen LogP contribution in [0.25, 0.3) is 11.3 Å². The van der Waals surface area contributed by atoms with E-state index in [1.54, 1.807) is 18.2 Å². The van der Waals surface area contributed by atoms with Gasteiger partial charge in [0.2, 0.25) is 0 Å². The van der Waals surface area contributed by atoms with Gasteiger partial charge in [-0.3, -0.25) is 0 Å². The van der Waals surface area contributed by atoms with Gasteiger partial charge in [0, 0.05) is 21.0 Å². The van der Waals surface area contributed by atoms with Gasteiger partial charge in [0.25, 0.3) is 0 Å². The van der Waals surface area contributed by atoms with Gasteiger partial charge in [0.05, 0.1) is 16.4 Å². The smallest absolute Gasteiger partial charge is 0.187 e. The van der Waals surface area contributed by atoms with Crippen LogP contribution in [0.5, 0.6) is 0 Å². The molecule has 0 radical (unpaired) electrons. The molecular formula is C15H9Cl3N2S. The van der Waals surface area contributed by atoms with Gasteiger partial charge in [0.1, 0.15) is 0 Å². The Morgan fingerprint density at radius 1 is 0.952 bits per heavy atom. The Morgan fingerprint density at radius 2 is 1.76 bits per heavy atom. The Bertz CT molecular complexity index is 786. The summed E-state index contributed by atoms with van der Waals surface area (Å²) in [7, 11) is 0. The van der Waals surface area contributed by atoms with Crippen molar-refractivity contribution in [3.8, 4) is 11.3 Å². The van der Waals surface area contributed by atoms with Crippen LogP contribution in [0.15, 0.2) is 47.8 Å². The molecule has 0 unspecified atom stereocenters. The summed E-state index contributed by atoms with van der Waals surface area (Å²) in [4.78, 5) is 4.53. The highest BCUT2D eigenvalue weighted by Crippen LogP contribution is 2.32. The predicted molar refractivity (Wildman–Crippen MR) is 92.3 cm³/mol. The summed E-state index contributed by atoms with van der Waals surface area (Å²) >= 11 is 19.6. The minimum absolute atomic E-state index is 0.596. The zero-order valence-corrected chi connectivity index (χ0v) is 13.7. The average molecular weight is 356 g/mol. The number of hydrogen-bond donors (Lipinski definition) is 1. The molecule has 3 aromatic rings. The van der Waals surface area contributed by atoms with Crippen molar-refractivity contribution in [2.45, 2.75) is 0 Å². The van der Waals surface area contributed by atoms with Crippen molar-refractivity contribution < 1.29 is 0 Å². The molecule has 0 bridgehead atoms. The standard InChI is InChI=1S/C15H9Cl3N2S/c16-10-3-1-2-9(6-10)14-8-21-15(20-14)19-13-7-11(17)4-5-12(13)18/h1-8H,(H,19,20). The van der Waals surface area contributed by atoms with Crippen LogP contribution in [-0.2, 0) is 0 Å². The lowest BCUT2D eigenvalue weighted by atomic mass is 10.2. The van der Waals surface area contributed by atoms with E-state index < -0.39 is 0 Å². The monoisotopic (exact) mass is 354 g/mol. The lowest BCUT2D eigenvalue weighted by Crippen LogP contribution is -1.90. The first-order valence-electron chi connectivity index (χ1n) is 6.05. The molecule has 1 N–H and O–H groups in total. The first-order valence-corrected chi connectivity index (χ1v) is 8.07. The van der Waals surface area contributed by atoms with E-state index >= 15 is 0 Å². The Labute approximate surface area is 141 Å². The predicted octanol–water partition coefficient (Wildman–Crippen LogP) is 6.51. The number of benzene rings is 2. The summed E-state index contributed by atoms with van der Waals surface area (Å²) in [6, 6.07) is 12.8. The Balaban J connectivity index is 1.87. The quantitative estimate of drug-likeness (QED) is 0.579. The van der Waals surface area contributed by atoms with Gasteiger partial charge < -0.3 is 5.32 Å². The molecule has 0 atom stereocenters. The molecule has 6 heteroatoms. The van der Waals surface area contributed by atoms with Gasteiger partial charge in [-0.15, -0.1) is 11.3 Å². The largest absolute Gasteiger partial charge is 0.330 e. The molecule has 0 fully saturated rings. The van der Waals surface area contributed by atoms with Gasteiger partial charge in [-0.2, -0.15) is 0 Å². The number of anilines is 2. The number of rotatable bonds is 3. The zero-order valence-electron chi connectivity index (χ0n) is 10.6. The van der Waals surface area contributed by atoms with E-state index in [0.29, 0.717) is 15.1 Å². The van der Waals surface area contributed by atoms with Crippen LogP contribution >= 0.6 is 46.1 Å². The first-order chi connectivity index (χ1) is 10.1. The molecule has 1 aromatic heterocycles. The minimum atomic E-state index is 0.596. The zero-order chi connectivity index (χ0) is 14.8. The molecule has 106 valence electrons. The molecule has 2 nitrogen and oxygen atoms in total. The number of aromatic nitrogens is 1. The lowest BCUT2D eigenvalue weighted by molar-refractivity contribution is 1.38. The van der Waals surface area contributed by atoms with E-state index in [0.717, 1.165) is 22.1 Å². The van der Waals surface area contributed by atoms with Crippen LogP contribution < -0.4 is 5.32 Å². The SMILES string of the molecule is Clc1cccc(-c2csc(Nc3cc(Cl)ccc3Cl)n2)c1. The molecule has 0 saturated carbocycles. The number of nitrogens with one attached hydrogen (secondary N) is 1. The number of thiazole rings is 1. The Kier molecular flexibility index (Phi) is 4.36. The third-order valence-corrected chi connectivity index (χ3v) is 4.35. The summed E-state index contributed by atoms with van der Waals surface area (Å²) in [5, 5.41) is 7.79. The van der Waals surface area contributed by atoms with E-state index in [1.165, 1.54) is 11.3 Å². The molecule has 0 saturated heterocycles. The average Bonchev–Trinajstić information content (AvgIpc) is 2.91. The maximum Gasteiger partial charge on any atom is 0.187 e. The van der Waals surface area contributed by atoms with Crippen LogP contribution in [0.2, 0.25) is 15.1 Å². The summed E-state index contributed by atoms with van der Waals surface area (Å²) < 4.78 is 0. The number of nitrogens with zero attached hydrogens (tertiary/aromatic N) is 1. The third-order valence-electron chi connectivity index (χ3n) is 2.79. The topological polar surface area (TPSA) is 24.9 Å². The maximum absolute atomic E-state index is 6.13. The number of hydrogen-bond acceptors (Lipinski definition) is 3. The fourth-order valence-corrected chi connectivity index (χ4v) is 3.08. The molecule has 1 heterocycles. The van der Waals surface area contributed by atoms with E-state index in [4.69, 9.17) is 34.8 Å². The summed E-state index contributed by atoms with van der Waals surface area (Å²) in [5.74, 6) is 0. The summed E-state index contributed by atoms with van der Waals surface area (Å²) in [5.41, 5.74) is 2.57. The van der Waals surface area contributed by atoms with Crippen LogP contribution in [0.1, 0.15) is 0 Å². The van der Waals surface area contributed by atoms with E-state index in [-0.39, 0.29) is 0 Å². The van der Waals surface area contributed by atoms with E-state index in [2.05, 4.69) is 10.3 Å². The summed E-state index contributed by atoms with van der Waals surface area (Å²) in [6.45, 7) is 0. The molecule has 3 rings (SSSR count). The first kappa shape index (κ1) is 14.7. The fraction of sp³-hybridized carbons (Fsp3) is 0. The molecule has 0 spiro atoms. The highest BCUT2D eigenvalue weighted by Gasteiger charge is 2.07. The van der Waals surface area contributed by atoms with Gasteiger partial charge in [0.15, 0.2) is 5.13 Å². The number of halogens is 3. The Morgan fingerprint density at radius 3 is 2.57 bits per heavy atom. The van der Waals surface area contributed by atoms with Crippen LogP contribution in [0, 0.1) is 0 Å².